The van der Waals surface area contributed by atoms with Crippen LogP contribution in [0.4, 0.5) is 0 Å². The van der Waals surface area contributed by atoms with Crippen LogP contribution in [0.15, 0.2) is 24.3 Å². The fourth-order valence-corrected chi connectivity index (χ4v) is 4.55. The molecule has 2 N–H and O–H groups in total. The average Bonchev–Trinajstić information content (AvgIpc) is 3.01. The average molecular weight is 337 g/mol. The zero-order valence-electron chi connectivity index (χ0n) is 14.0. The minimum absolute atomic E-state index is 0.171. The Balaban J connectivity index is 1.78. The molecule has 1 aliphatic carbocycles. The Hall–Kier alpha value is -0.610. The molecule has 2 aliphatic rings. The van der Waals surface area contributed by atoms with Gasteiger partial charge in [-0.3, -0.25) is 0 Å². The Bertz CT molecular complexity index is 510. The quantitative estimate of drug-likeness (QED) is 0.866. The lowest BCUT2D eigenvalue weighted by Gasteiger charge is -2.37. The van der Waals surface area contributed by atoms with Crippen LogP contribution in [0.1, 0.15) is 43.6 Å². The van der Waals surface area contributed by atoms with Crippen molar-refractivity contribution >= 4 is 11.6 Å². The number of nitrogens with zero attached hydrogens (tertiary/aromatic N) is 1. The SMILES string of the molecule is CN[C@@H]1CCN(CC(c2cccc(Cl)c2)C2CCCCC2O)C1. The maximum Gasteiger partial charge on any atom is 0.0574 e. The molecule has 0 radical (unpaired) electrons. The van der Waals surface area contributed by atoms with E-state index in [1.54, 1.807) is 0 Å². The van der Waals surface area contributed by atoms with Crippen LogP contribution >= 0.6 is 11.6 Å². The molecule has 4 atom stereocenters. The predicted molar refractivity (Wildman–Crippen MR) is 96.1 cm³/mol. The molecule has 1 aromatic carbocycles. The van der Waals surface area contributed by atoms with E-state index in [0.717, 1.165) is 43.9 Å². The van der Waals surface area contributed by atoms with Crippen molar-refractivity contribution in [2.24, 2.45) is 5.92 Å². The van der Waals surface area contributed by atoms with Crippen LogP contribution in [0.3, 0.4) is 0 Å². The third-order valence-electron chi connectivity index (χ3n) is 5.71. The molecule has 1 saturated heterocycles. The first-order valence-electron chi connectivity index (χ1n) is 9.00. The topological polar surface area (TPSA) is 35.5 Å². The highest BCUT2D eigenvalue weighted by Gasteiger charge is 2.34. The molecule has 0 aromatic heterocycles. The zero-order chi connectivity index (χ0) is 16.2. The number of likely N-dealkylation sites (tertiary alicyclic amines) is 1. The normalized spacial score (nSPS) is 30.5. The number of halogens is 1. The van der Waals surface area contributed by atoms with E-state index in [0.29, 0.717) is 17.9 Å². The lowest BCUT2D eigenvalue weighted by Crippen LogP contribution is -2.38. The lowest BCUT2D eigenvalue weighted by atomic mass is 9.75. The molecule has 1 saturated carbocycles. The Labute approximate surface area is 145 Å². The second-order valence-corrected chi connectivity index (χ2v) is 7.65. The van der Waals surface area contributed by atoms with Gasteiger partial charge in [-0.1, -0.05) is 36.6 Å². The second-order valence-electron chi connectivity index (χ2n) is 7.21. The first-order valence-corrected chi connectivity index (χ1v) is 9.38. The number of aliphatic hydroxyl groups is 1. The van der Waals surface area contributed by atoms with Crippen LogP contribution in [0.25, 0.3) is 0 Å². The van der Waals surface area contributed by atoms with Crippen molar-refractivity contribution in [3.8, 4) is 0 Å². The summed E-state index contributed by atoms with van der Waals surface area (Å²) < 4.78 is 0. The number of nitrogens with one attached hydrogen (secondary N) is 1. The molecule has 2 fully saturated rings. The number of likely N-dealkylation sites (N-methyl/N-ethyl adjacent to an activating group) is 1. The molecule has 23 heavy (non-hydrogen) atoms. The smallest absolute Gasteiger partial charge is 0.0574 e. The third-order valence-corrected chi connectivity index (χ3v) is 5.95. The minimum Gasteiger partial charge on any atom is -0.393 e. The molecule has 128 valence electrons. The van der Waals surface area contributed by atoms with Gasteiger partial charge in [0.15, 0.2) is 0 Å². The summed E-state index contributed by atoms with van der Waals surface area (Å²) in [7, 11) is 2.05. The summed E-state index contributed by atoms with van der Waals surface area (Å²) in [4.78, 5) is 2.55. The first-order chi connectivity index (χ1) is 11.2. The summed E-state index contributed by atoms with van der Waals surface area (Å²) in [6, 6.07) is 8.86. The van der Waals surface area contributed by atoms with Gasteiger partial charge in [-0.05, 0) is 56.5 Å². The highest BCUT2D eigenvalue weighted by atomic mass is 35.5. The number of benzene rings is 1. The van der Waals surface area contributed by atoms with E-state index in [1.165, 1.54) is 18.4 Å². The van der Waals surface area contributed by atoms with Crippen molar-refractivity contribution in [2.75, 3.05) is 26.7 Å². The number of rotatable bonds is 5. The Morgan fingerprint density at radius 1 is 1.30 bits per heavy atom. The predicted octanol–water partition coefficient (Wildman–Crippen LogP) is 3.27. The molecule has 4 heteroatoms. The minimum atomic E-state index is -0.171. The van der Waals surface area contributed by atoms with Crippen LogP contribution in [-0.4, -0.2) is 48.8 Å². The molecule has 0 spiro atoms. The van der Waals surface area contributed by atoms with Gasteiger partial charge in [-0.2, -0.15) is 0 Å². The number of hydrogen-bond acceptors (Lipinski definition) is 3. The Morgan fingerprint density at radius 2 is 2.13 bits per heavy atom. The van der Waals surface area contributed by atoms with Gasteiger partial charge < -0.3 is 15.3 Å². The highest BCUT2D eigenvalue weighted by Crippen LogP contribution is 2.38. The van der Waals surface area contributed by atoms with Crippen molar-refractivity contribution in [1.82, 2.24) is 10.2 Å². The largest absolute Gasteiger partial charge is 0.393 e. The van der Waals surface area contributed by atoms with Gasteiger partial charge >= 0.3 is 0 Å². The molecule has 1 heterocycles. The molecular weight excluding hydrogens is 308 g/mol. The fraction of sp³-hybridized carbons (Fsp3) is 0.684. The number of hydrogen-bond donors (Lipinski definition) is 2. The summed E-state index contributed by atoms with van der Waals surface area (Å²) >= 11 is 6.24. The molecular formula is C19H29ClN2O. The van der Waals surface area contributed by atoms with E-state index in [2.05, 4.69) is 22.3 Å². The van der Waals surface area contributed by atoms with Crippen molar-refractivity contribution in [2.45, 2.75) is 50.2 Å². The molecule has 3 nitrogen and oxygen atoms in total. The first kappa shape index (κ1) is 17.2. The third kappa shape index (κ3) is 4.27. The number of aliphatic hydroxyl groups excluding tert-OH is 1. The summed E-state index contributed by atoms with van der Waals surface area (Å²) in [5.41, 5.74) is 1.29. The van der Waals surface area contributed by atoms with E-state index in [-0.39, 0.29) is 6.10 Å². The van der Waals surface area contributed by atoms with Gasteiger partial charge in [0.05, 0.1) is 6.10 Å². The van der Waals surface area contributed by atoms with Gasteiger partial charge in [0, 0.05) is 30.1 Å². The summed E-state index contributed by atoms with van der Waals surface area (Å²) in [5, 5.41) is 14.8. The summed E-state index contributed by atoms with van der Waals surface area (Å²) in [6.45, 7) is 3.28. The highest BCUT2D eigenvalue weighted by molar-refractivity contribution is 6.30. The van der Waals surface area contributed by atoms with Crippen LogP contribution in [0.5, 0.6) is 0 Å². The molecule has 3 rings (SSSR count). The monoisotopic (exact) mass is 336 g/mol. The van der Waals surface area contributed by atoms with Gasteiger partial charge in [-0.25, -0.2) is 0 Å². The summed E-state index contributed by atoms with van der Waals surface area (Å²) in [6.07, 6.45) is 5.51. The fourth-order valence-electron chi connectivity index (χ4n) is 4.35. The van der Waals surface area contributed by atoms with Crippen LogP contribution in [0.2, 0.25) is 5.02 Å². The molecule has 1 aromatic rings. The molecule has 1 aliphatic heterocycles. The van der Waals surface area contributed by atoms with Crippen LogP contribution < -0.4 is 5.32 Å². The van der Waals surface area contributed by atoms with Gasteiger partial charge in [0.1, 0.15) is 0 Å². The van der Waals surface area contributed by atoms with Gasteiger partial charge in [-0.15, -0.1) is 0 Å². The molecule has 0 amide bonds. The molecule has 3 unspecified atom stereocenters. The van der Waals surface area contributed by atoms with E-state index in [4.69, 9.17) is 11.6 Å². The van der Waals surface area contributed by atoms with E-state index < -0.39 is 0 Å². The van der Waals surface area contributed by atoms with E-state index >= 15 is 0 Å². The Morgan fingerprint density at radius 3 is 2.83 bits per heavy atom. The summed E-state index contributed by atoms with van der Waals surface area (Å²) in [5.74, 6) is 0.732. The van der Waals surface area contributed by atoms with E-state index in [9.17, 15) is 5.11 Å². The van der Waals surface area contributed by atoms with E-state index in [1.807, 2.05) is 19.2 Å². The van der Waals surface area contributed by atoms with Crippen molar-refractivity contribution in [1.29, 1.82) is 0 Å². The lowest BCUT2D eigenvalue weighted by molar-refractivity contribution is 0.0475. The maximum atomic E-state index is 10.6. The van der Waals surface area contributed by atoms with Crippen molar-refractivity contribution < 1.29 is 5.11 Å². The van der Waals surface area contributed by atoms with Crippen LogP contribution in [-0.2, 0) is 0 Å². The van der Waals surface area contributed by atoms with Gasteiger partial charge in [0.2, 0.25) is 0 Å². The van der Waals surface area contributed by atoms with Crippen LogP contribution in [0, 0.1) is 5.92 Å². The van der Waals surface area contributed by atoms with Gasteiger partial charge in [0.25, 0.3) is 0 Å². The zero-order valence-corrected chi connectivity index (χ0v) is 14.8. The second kappa shape index (κ2) is 7.98. The standard InChI is InChI=1S/C19H29ClN2O/c1-21-16-9-10-22(12-16)13-18(14-5-4-6-15(20)11-14)17-7-2-3-8-19(17)23/h4-6,11,16-19,21,23H,2-3,7-10,12-13H2,1H3/t16-,17?,18?,19?/m1/s1. The van der Waals surface area contributed by atoms with Crippen molar-refractivity contribution in [3.63, 3.8) is 0 Å². The van der Waals surface area contributed by atoms with Crippen molar-refractivity contribution in [3.05, 3.63) is 34.9 Å². The molecule has 0 bridgehead atoms. The maximum absolute atomic E-state index is 10.6. The Kier molecular flexibility index (Phi) is 5.97.